The van der Waals surface area contributed by atoms with Crippen LogP contribution in [0, 0.1) is 0 Å². The van der Waals surface area contributed by atoms with Gasteiger partial charge in [0.25, 0.3) is 0 Å². The summed E-state index contributed by atoms with van der Waals surface area (Å²) in [6.07, 6.45) is 1.36. The zero-order valence-corrected chi connectivity index (χ0v) is 17.1. The third kappa shape index (κ3) is 3.48. The van der Waals surface area contributed by atoms with Gasteiger partial charge in [0, 0.05) is 5.56 Å². The molecule has 7 nitrogen and oxygen atoms in total. The molecule has 8 heteroatoms. The number of phenols is 1. The summed E-state index contributed by atoms with van der Waals surface area (Å²) in [4.78, 5) is 11.3. The average molecular weight is 370 g/mol. The fourth-order valence-electron chi connectivity index (χ4n) is 3.22. The number of ether oxygens (including phenoxy) is 3. The van der Waals surface area contributed by atoms with E-state index < -0.39 is 5.97 Å². The minimum Gasteiger partial charge on any atom is -0.870 e. The molecule has 134 valence electrons. The van der Waals surface area contributed by atoms with Crippen molar-refractivity contribution in [2.45, 2.75) is 12.8 Å². The fraction of sp³-hybridized carbons (Fsp3) is 0.278. The van der Waals surface area contributed by atoms with E-state index in [0.29, 0.717) is 30.1 Å². The number of aryl methyl sites for hydroxylation is 1. The SMILES string of the molecule is COc1cc2c(c(OC)c1OC)CCc1cc(O)c(C(=O)O)cc1-2.[Na+].[OH-]. The number of hydrogen-bond donors (Lipinski definition) is 2. The maximum absolute atomic E-state index is 11.3. The molecule has 0 fully saturated rings. The van der Waals surface area contributed by atoms with Gasteiger partial charge in [0.05, 0.1) is 21.3 Å². The molecular formula is C18H19NaO7. The molecule has 2 aromatic carbocycles. The van der Waals surface area contributed by atoms with Gasteiger partial charge in [-0.1, -0.05) is 0 Å². The van der Waals surface area contributed by atoms with Crippen LogP contribution >= 0.6 is 0 Å². The molecule has 2 aromatic rings. The first-order valence-corrected chi connectivity index (χ1v) is 7.43. The minimum absolute atomic E-state index is 0. The third-order valence-corrected chi connectivity index (χ3v) is 4.32. The number of aromatic carboxylic acids is 1. The van der Waals surface area contributed by atoms with Gasteiger partial charge in [0.2, 0.25) is 5.75 Å². The zero-order chi connectivity index (χ0) is 17.4. The van der Waals surface area contributed by atoms with E-state index in [0.717, 1.165) is 22.3 Å². The molecule has 1 aliphatic rings. The van der Waals surface area contributed by atoms with Gasteiger partial charge in [-0.3, -0.25) is 0 Å². The van der Waals surface area contributed by atoms with Crippen molar-refractivity contribution < 1.29 is 64.3 Å². The predicted molar refractivity (Wildman–Crippen MR) is 89.5 cm³/mol. The van der Waals surface area contributed by atoms with Crippen LogP contribution in [0.5, 0.6) is 23.0 Å². The molecule has 0 saturated carbocycles. The maximum atomic E-state index is 11.3. The van der Waals surface area contributed by atoms with Crippen molar-refractivity contribution in [1.29, 1.82) is 0 Å². The molecule has 0 radical (unpaired) electrons. The molecule has 0 heterocycles. The second-order valence-corrected chi connectivity index (χ2v) is 5.50. The first-order valence-electron chi connectivity index (χ1n) is 7.43. The van der Waals surface area contributed by atoms with Crippen molar-refractivity contribution in [3.8, 4) is 34.1 Å². The monoisotopic (exact) mass is 370 g/mol. The Morgan fingerprint density at radius 2 is 1.62 bits per heavy atom. The summed E-state index contributed by atoms with van der Waals surface area (Å²) in [5, 5.41) is 19.2. The molecule has 0 aliphatic heterocycles. The number of hydrogen-bond acceptors (Lipinski definition) is 6. The van der Waals surface area contributed by atoms with Crippen molar-refractivity contribution in [3.05, 3.63) is 34.9 Å². The van der Waals surface area contributed by atoms with Crippen LogP contribution in [0.3, 0.4) is 0 Å². The molecule has 0 aromatic heterocycles. The van der Waals surface area contributed by atoms with E-state index in [4.69, 9.17) is 14.2 Å². The molecule has 1 aliphatic carbocycles. The molecule has 0 spiro atoms. The summed E-state index contributed by atoms with van der Waals surface area (Å²) >= 11 is 0. The number of aromatic hydroxyl groups is 1. The second kappa shape index (κ2) is 8.64. The Bertz CT molecular complexity index is 833. The van der Waals surface area contributed by atoms with Gasteiger partial charge in [-0.05, 0) is 47.7 Å². The molecule has 0 saturated heterocycles. The molecule has 3 rings (SSSR count). The summed E-state index contributed by atoms with van der Waals surface area (Å²) in [5.74, 6) is 0.208. The Balaban J connectivity index is 0.00000169. The van der Waals surface area contributed by atoms with E-state index in [1.54, 1.807) is 14.2 Å². The Morgan fingerprint density at radius 3 is 2.15 bits per heavy atom. The first-order chi connectivity index (χ1) is 11.5. The van der Waals surface area contributed by atoms with Crippen molar-refractivity contribution in [2.75, 3.05) is 21.3 Å². The molecule has 0 atom stereocenters. The molecule has 3 N–H and O–H groups in total. The quantitative estimate of drug-likeness (QED) is 0.711. The number of benzene rings is 2. The third-order valence-electron chi connectivity index (χ3n) is 4.32. The summed E-state index contributed by atoms with van der Waals surface area (Å²) in [7, 11) is 4.64. The fourth-order valence-corrected chi connectivity index (χ4v) is 3.22. The van der Waals surface area contributed by atoms with Crippen LogP contribution in [0.4, 0.5) is 0 Å². The summed E-state index contributed by atoms with van der Waals surface area (Å²) in [6.45, 7) is 0. The van der Waals surface area contributed by atoms with Crippen LogP contribution in [0.15, 0.2) is 18.2 Å². The Hall–Kier alpha value is -1.93. The van der Waals surface area contributed by atoms with Gasteiger partial charge in [-0.15, -0.1) is 0 Å². The van der Waals surface area contributed by atoms with Crippen molar-refractivity contribution in [3.63, 3.8) is 0 Å². The van der Waals surface area contributed by atoms with E-state index in [1.807, 2.05) is 6.07 Å². The van der Waals surface area contributed by atoms with E-state index in [-0.39, 0.29) is 46.3 Å². The predicted octanol–water partition coefficient (Wildman–Crippen LogP) is -0.291. The van der Waals surface area contributed by atoms with Crippen molar-refractivity contribution in [2.24, 2.45) is 0 Å². The van der Waals surface area contributed by atoms with Crippen LogP contribution in [0.1, 0.15) is 21.5 Å². The number of methoxy groups -OCH3 is 3. The summed E-state index contributed by atoms with van der Waals surface area (Å²) in [5.41, 5.74) is 3.28. The normalized spacial score (nSPS) is 11.2. The zero-order valence-electron chi connectivity index (χ0n) is 15.1. The average Bonchev–Trinajstić information content (AvgIpc) is 2.58. The number of carboxylic acid groups (broad SMARTS) is 1. The second-order valence-electron chi connectivity index (χ2n) is 5.50. The van der Waals surface area contributed by atoms with Crippen LogP contribution in [-0.4, -0.2) is 43.0 Å². The van der Waals surface area contributed by atoms with Crippen LogP contribution in [0.25, 0.3) is 11.1 Å². The smallest absolute Gasteiger partial charge is 0.870 e. The van der Waals surface area contributed by atoms with E-state index >= 15 is 0 Å². The molecular weight excluding hydrogens is 351 g/mol. The summed E-state index contributed by atoms with van der Waals surface area (Å²) < 4.78 is 16.3. The van der Waals surface area contributed by atoms with Crippen LogP contribution in [-0.2, 0) is 12.8 Å². The van der Waals surface area contributed by atoms with Gasteiger partial charge < -0.3 is 29.9 Å². The van der Waals surface area contributed by atoms with Gasteiger partial charge in [-0.2, -0.15) is 0 Å². The molecule has 0 bridgehead atoms. The Morgan fingerprint density at radius 1 is 0.962 bits per heavy atom. The minimum atomic E-state index is -1.17. The number of carbonyl (C=O) groups is 1. The van der Waals surface area contributed by atoms with Crippen LogP contribution < -0.4 is 43.8 Å². The van der Waals surface area contributed by atoms with E-state index in [9.17, 15) is 15.0 Å². The van der Waals surface area contributed by atoms with Gasteiger partial charge >= 0.3 is 35.5 Å². The van der Waals surface area contributed by atoms with E-state index in [1.165, 1.54) is 19.2 Å². The van der Waals surface area contributed by atoms with Gasteiger partial charge in [0.15, 0.2) is 11.5 Å². The standard InChI is InChI=1S/C18H18O6.Na.H2O/c1-22-15-8-12-10(16(23-2)17(15)24-3)5-4-9-6-14(19)13(18(20)21)7-11(9)12;;/h6-8,19H,4-5H2,1-3H3,(H,20,21);;1H2/q;+1;/p-1. The van der Waals surface area contributed by atoms with Crippen molar-refractivity contribution >= 4 is 5.97 Å². The van der Waals surface area contributed by atoms with Crippen LogP contribution in [0.2, 0.25) is 0 Å². The van der Waals surface area contributed by atoms with Crippen molar-refractivity contribution in [1.82, 2.24) is 0 Å². The first kappa shape index (κ1) is 22.1. The largest absolute Gasteiger partial charge is 1.00 e. The molecule has 26 heavy (non-hydrogen) atoms. The Labute approximate surface area is 173 Å². The van der Waals surface area contributed by atoms with E-state index in [2.05, 4.69) is 0 Å². The molecule has 0 amide bonds. The van der Waals surface area contributed by atoms with Gasteiger partial charge in [0.1, 0.15) is 11.3 Å². The number of fused-ring (bicyclic) bond motifs is 3. The molecule has 0 unspecified atom stereocenters. The summed E-state index contributed by atoms with van der Waals surface area (Å²) in [6, 6.07) is 4.83. The topological polar surface area (TPSA) is 115 Å². The van der Waals surface area contributed by atoms with Gasteiger partial charge in [-0.25, -0.2) is 4.79 Å². The maximum Gasteiger partial charge on any atom is 1.00 e. The number of carboxylic acids is 1. The Kier molecular flexibility index (Phi) is 7.35. The number of rotatable bonds is 4.